The Labute approximate surface area is 183 Å². The lowest BCUT2D eigenvalue weighted by molar-refractivity contribution is 0.250. The van der Waals surface area contributed by atoms with Gasteiger partial charge in [0.05, 0.1) is 12.8 Å². The van der Waals surface area contributed by atoms with Gasteiger partial charge in [0.25, 0.3) is 11.1 Å². The zero-order valence-corrected chi connectivity index (χ0v) is 18.5. The minimum Gasteiger partial charge on any atom is -0.497 e. The van der Waals surface area contributed by atoms with Crippen molar-refractivity contribution in [2.75, 3.05) is 7.11 Å². The highest BCUT2D eigenvalue weighted by molar-refractivity contribution is 7.98. The predicted molar refractivity (Wildman–Crippen MR) is 118 cm³/mol. The van der Waals surface area contributed by atoms with Crippen LogP contribution in [-0.4, -0.2) is 22.3 Å². The van der Waals surface area contributed by atoms with E-state index in [4.69, 9.17) is 18.9 Å². The van der Waals surface area contributed by atoms with E-state index < -0.39 is 0 Å². The molecule has 8 heteroatoms. The normalized spacial score (nSPS) is 10.9. The molecular formula is C22H21N3O3S2. The van der Waals surface area contributed by atoms with E-state index in [-0.39, 0.29) is 6.61 Å². The maximum absolute atomic E-state index is 5.82. The van der Waals surface area contributed by atoms with Crippen LogP contribution in [0.15, 0.2) is 57.5 Å². The van der Waals surface area contributed by atoms with E-state index in [1.165, 1.54) is 11.8 Å². The molecule has 154 valence electrons. The molecule has 0 unspecified atom stereocenters. The highest BCUT2D eigenvalue weighted by Gasteiger charge is 2.11. The van der Waals surface area contributed by atoms with Gasteiger partial charge < -0.3 is 13.9 Å². The second-order valence-electron chi connectivity index (χ2n) is 6.68. The van der Waals surface area contributed by atoms with E-state index >= 15 is 0 Å². The summed E-state index contributed by atoms with van der Waals surface area (Å²) >= 11 is 3.08. The molecule has 0 saturated heterocycles. The average molecular weight is 440 g/mol. The molecule has 0 radical (unpaired) electrons. The molecule has 0 saturated carbocycles. The minimum atomic E-state index is 0.246. The van der Waals surface area contributed by atoms with E-state index in [1.807, 2.05) is 55.6 Å². The maximum atomic E-state index is 5.82. The Morgan fingerprint density at radius 2 is 1.90 bits per heavy atom. The van der Waals surface area contributed by atoms with Gasteiger partial charge in [-0.15, -0.1) is 21.5 Å². The maximum Gasteiger partial charge on any atom is 0.277 e. The minimum absolute atomic E-state index is 0.246. The summed E-state index contributed by atoms with van der Waals surface area (Å²) in [5.41, 5.74) is 4.27. The fourth-order valence-electron chi connectivity index (χ4n) is 2.73. The summed E-state index contributed by atoms with van der Waals surface area (Å²) in [6, 6.07) is 14.0. The van der Waals surface area contributed by atoms with Crippen LogP contribution < -0.4 is 9.47 Å². The Morgan fingerprint density at radius 3 is 2.70 bits per heavy atom. The quantitative estimate of drug-likeness (QED) is 0.327. The molecule has 4 rings (SSSR count). The monoisotopic (exact) mass is 439 g/mol. The number of hydrogen-bond acceptors (Lipinski definition) is 8. The molecule has 2 aromatic heterocycles. The number of thiazole rings is 1. The van der Waals surface area contributed by atoms with Crippen LogP contribution in [0.2, 0.25) is 0 Å². The molecule has 0 fully saturated rings. The summed E-state index contributed by atoms with van der Waals surface area (Å²) in [5.74, 6) is 2.78. The van der Waals surface area contributed by atoms with Gasteiger partial charge in [0, 0.05) is 16.7 Å². The first kappa shape index (κ1) is 20.4. The zero-order valence-electron chi connectivity index (χ0n) is 16.9. The first-order chi connectivity index (χ1) is 14.6. The molecule has 0 aliphatic carbocycles. The second-order valence-corrected chi connectivity index (χ2v) is 8.47. The zero-order chi connectivity index (χ0) is 20.9. The SMILES string of the molecule is COc1ccc(-c2nc(CSc3nnc(COc4cc(C)ccc4C)o3)cs2)cc1. The fourth-order valence-corrected chi connectivity index (χ4v) is 4.34. The van der Waals surface area contributed by atoms with Crippen molar-refractivity contribution in [1.29, 1.82) is 0 Å². The van der Waals surface area contributed by atoms with Crippen LogP contribution in [0.1, 0.15) is 22.7 Å². The number of aryl methyl sites for hydroxylation is 2. The van der Waals surface area contributed by atoms with Crippen molar-refractivity contribution < 1.29 is 13.9 Å². The van der Waals surface area contributed by atoms with Crippen LogP contribution in [0.25, 0.3) is 10.6 Å². The fraction of sp³-hybridized carbons (Fsp3) is 0.227. The number of methoxy groups -OCH3 is 1. The topological polar surface area (TPSA) is 70.3 Å². The number of benzene rings is 2. The smallest absolute Gasteiger partial charge is 0.277 e. The van der Waals surface area contributed by atoms with Crippen LogP contribution >= 0.6 is 23.1 Å². The summed E-state index contributed by atoms with van der Waals surface area (Å²) < 4.78 is 16.7. The Bertz CT molecular complexity index is 1120. The first-order valence-corrected chi connectivity index (χ1v) is 11.2. The van der Waals surface area contributed by atoms with E-state index in [9.17, 15) is 0 Å². The highest BCUT2D eigenvalue weighted by Crippen LogP contribution is 2.29. The summed E-state index contributed by atoms with van der Waals surface area (Å²) in [4.78, 5) is 4.69. The number of aromatic nitrogens is 3. The third-order valence-electron chi connectivity index (χ3n) is 4.38. The van der Waals surface area contributed by atoms with Gasteiger partial charge in [-0.25, -0.2) is 4.98 Å². The lowest BCUT2D eigenvalue weighted by atomic mass is 10.1. The van der Waals surface area contributed by atoms with Crippen LogP contribution in [0, 0.1) is 13.8 Å². The number of nitrogens with zero attached hydrogens (tertiary/aromatic N) is 3. The van der Waals surface area contributed by atoms with Crippen molar-refractivity contribution in [2.45, 2.75) is 31.4 Å². The molecule has 0 N–H and O–H groups in total. The van der Waals surface area contributed by atoms with E-state index in [0.717, 1.165) is 38.9 Å². The van der Waals surface area contributed by atoms with Gasteiger partial charge in [0.1, 0.15) is 16.5 Å². The van der Waals surface area contributed by atoms with E-state index in [0.29, 0.717) is 16.9 Å². The van der Waals surface area contributed by atoms with Crippen LogP contribution in [0.3, 0.4) is 0 Å². The van der Waals surface area contributed by atoms with Gasteiger partial charge >= 0.3 is 0 Å². The number of thioether (sulfide) groups is 1. The molecule has 0 bridgehead atoms. The lowest BCUT2D eigenvalue weighted by Gasteiger charge is -2.07. The van der Waals surface area contributed by atoms with Gasteiger partial charge in [-0.2, -0.15) is 0 Å². The summed E-state index contributed by atoms with van der Waals surface area (Å²) in [7, 11) is 1.66. The number of ether oxygens (including phenoxy) is 2. The van der Waals surface area contributed by atoms with Gasteiger partial charge in [0.2, 0.25) is 0 Å². The van der Waals surface area contributed by atoms with Crippen LogP contribution in [0.4, 0.5) is 0 Å². The molecular weight excluding hydrogens is 418 g/mol. The Hall–Kier alpha value is -2.84. The second kappa shape index (κ2) is 9.32. The summed E-state index contributed by atoms with van der Waals surface area (Å²) in [5, 5.41) is 11.7. The number of rotatable bonds is 8. The van der Waals surface area contributed by atoms with Crippen LogP contribution in [0.5, 0.6) is 11.5 Å². The van der Waals surface area contributed by atoms with Gasteiger partial charge in [-0.1, -0.05) is 23.9 Å². The summed E-state index contributed by atoms with van der Waals surface area (Å²) in [6.07, 6.45) is 0. The van der Waals surface area contributed by atoms with Crippen molar-refractivity contribution in [1.82, 2.24) is 15.2 Å². The van der Waals surface area contributed by atoms with E-state index in [1.54, 1.807) is 18.4 Å². The molecule has 0 spiro atoms. The number of hydrogen-bond donors (Lipinski definition) is 0. The molecule has 0 atom stereocenters. The molecule has 0 amide bonds. The lowest BCUT2D eigenvalue weighted by Crippen LogP contribution is -1.97. The molecule has 4 aromatic rings. The Morgan fingerprint density at radius 1 is 1.07 bits per heavy atom. The Kier molecular flexibility index (Phi) is 6.35. The van der Waals surface area contributed by atoms with E-state index in [2.05, 4.69) is 16.3 Å². The molecule has 2 aromatic carbocycles. The average Bonchev–Trinajstić information content (AvgIpc) is 3.42. The molecule has 2 heterocycles. The molecule has 0 aliphatic heterocycles. The first-order valence-electron chi connectivity index (χ1n) is 9.35. The van der Waals surface area contributed by atoms with Crippen molar-refractivity contribution >= 4 is 23.1 Å². The van der Waals surface area contributed by atoms with Crippen LogP contribution in [-0.2, 0) is 12.4 Å². The standard InChI is InChI=1S/C22H21N3O3S2/c1-14-4-5-15(2)19(10-14)27-11-20-24-25-22(28-20)30-13-17-12-29-21(23-17)16-6-8-18(26-3)9-7-16/h4-10,12H,11,13H2,1-3H3. The summed E-state index contributed by atoms with van der Waals surface area (Å²) in [6.45, 7) is 4.29. The van der Waals surface area contributed by atoms with Gasteiger partial charge in [-0.05, 0) is 55.3 Å². The Balaban J connectivity index is 1.32. The van der Waals surface area contributed by atoms with Gasteiger partial charge in [-0.3, -0.25) is 0 Å². The van der Waals surface area contributed by atoms with Gasteiger partial charge in [0.15, 0.2) is 6.61 Å². The molecule has 6 nitrogen and oxygen atoms in total. The van der Waals surface area contributed by atoms with Crippen molar-refractivity contribution in [3.63, 3.8) is 0 Å². The molecule has 0 aliphatic rings. The third-order valence-corrected chi connectivity index (χ3v) is 6.17. The third kappa shape index (κ3) is 5.01. The largest absolute Gasteiger partial charge is 0.497 e. The molecule has 30 heavy (non-hydrogen) atoms. The van der Waals surface area contributed by atoms with Crippen molar-refractivity contribution in [3.8, 4) is 22.1 Å². The van der Waals surface area contributed by atoms with Crippen molar-refractivity contribution in [2.24, 2.45) is 0 Å². The highest BCUT2D eigenvalue weighted by atomic mass is 32.2. The van der Waals surface area contributed by atoms with Crippen molar-refractivity contribution in [3.05, 3.63) is 70.6 Å². The predicted octanol–water partition coefficient (Wildman–Crippen LogP) is 5.69.